The maximum atomic E-state index is 12.1. The average Bonchev–Trinajstić information content (AvgIpc) is 2.88. The number of hydrogen-bond donors (Lipinski definition) is 1. The maximum Gasteiger partial charge on any atom is 0.236 e. The molecule has 0 aromatic heterocycles. The van der Waals surface area contributed by atoms with Crippen molar-refractivity contribution in [2.75, 3.05) is 13.1 Å². The third-order valence-electron chi connectivity index (χ3n) is 3.86. The van der Waals surface area contributed by atoms with Gasteiger partial charge in [-0.15, -0.1) is 0 Å². The van der Waals surface area contributed by atoms with E-state index in [0.29, 0.717) is 0 Å². The number of carbonyl (C=O) groups excluding carboxylic acids is 2. The van der Waals surface area contributed by atoms with Gasteiger partial charge in [-0.3, -0.25) is 9.59 Å². The van der Waals surface area contributed by atoms with Crippen LogP contribution in [-0.4, -0.2) is 35.7 Å². The van der Waals surface area contributed by atoms with Crippen LogP contribution in [-0.2, 0) is 9.59 Å². The number of ketones is 1. The molecule has 2 fully saturated rings. The van der Waals surface area contributed by atoms with Crippen LogP contribution >= 0.6 is 0 Å². The molecule has 2 aliphatic rings. The fourth-order valence-electron chi connectivity index (χ4n) is 2.61. The van der Waals surface area contributed by atoms with Crippen molar-refractivity contribution >= 4 is 11.7 Å². The Kier molecular flexibility index (Phi) is 2.78. The van der Waals surface area contributed by atoms with E-state index in [4.69, 9.17) is 5.73 Å². The first kappa shape index (κ1) is 11.6. The molecule has 2 N–H and O–H groups in total. The summed E-state index contributed by atoms with van der Waals surface area (Å²) in [5, 5.41) is 0. The van der Waals surface area contributed by atoms with Gasteiger partial charge in [0.25, 0.3) is 0 Å². The van der Waals surface area contributed by atoms with E-state index >= 15 is 0 Å². The molecule has 1 heterocycles. The number of Topliss-reactive ketones (excluding diaryl/α,β-unsaturated/α-hetero) is 1. The Balaban J connectivity index is 2.14. The maximum absolute atomic E-state index is 12.1. The highest BCUT2D eigenvalue weighted by Gasteiger charge is 2.54. The van der Waals surface area contributed by atoms with E-state index in [1.165, 1.54) is 0 Å². The lowest BCUT2D eigenvalue weighted by Crippen LogP contribution is -2.44. The zero-order valence-corrected chi connectivity index (χ0v) is 10.0. The predicted octanol–water partition coefficient (Wildman–Crippen LogP) is 0.551. The second-order valence-electron chi connectivity index (χ2n) is 5.50. The van der Waals surface area contributed by atoms with Gasteiger partial charge in [-0.25, -0.2) is 0 Å². The van der Waals surface area contributed by atoms with Crippen LogP contribution < -0.4 is 5.73 Å². The molecule has 90 valence electrons. The van der Waals surface area contributed by atoms with E-state index < -0.39 is 0 Å². The van der Waals surface area contributed by atoms with Crippen LogP contribution in [0.2, 0.25) is 0 Å². The minimum Gasteiger partial charge on any atom is -0.331 e. The van der Waals surface area contributed by atoms with Crippen LogP contribution in [0, 0.1) is 11.3 Å². The van der Waals surface area contributed by atoms with Crippen molar-refractivity contribution < 1.29 is 9.59 Å². The first-order valence-corrected chi connectivity index (χ1v) is 6.02. The van der Waals surface area contributed by atoms with Crippen molar-refractivity contribution in [3.8, 4) is 0 Å². The first-order chi connectivity index (χ1) is 7.49. The lowest BCUT2D eigenvalue weighted by molar-refractivity contribution is -0.137. The van der Waals surface area contributed by atoms with Gasteiger partial charge in [0.2, 0.25) is 5.91 Å². The zero-order valence-electron chi connectivity index (χ0n) is 10.0. The van der Waals surface area contributed by atoms with Crippen LogP contribution in [0.5, 0.6) is 0 Å². The number of amides is 1. The Hall–Kier alpha value is -0.900. The number of likely N-dealkylation sites (tertiary alicyclic amines) is 1. The number of nitrogens with zero attached hydrogens (tertiary/aromatic N) is 1. The van der Waals surface area contributed by atoms with Gasteiger partial charge in [-0.2, -0.15) is 0 Å². The lowest BCUT2D eigenvalue weighted by Gasteiger charge is -2.24. The third-order valence-corrected chi connectivity index (χ3v) is 3.86. The van der Waals surface area contributed by atoms with Gasteiger partial charge >= 0.3 is 0 Å². The molecule has 4 nitrogen and oxygen atoms in total. The standard InChI is InChI=1S/C12H20N2O2/c1-8(2)11(16)9-5-12(3-4-12)7-14(9)10(15)6-13/h8-9H,3-7,13H2,1-2H3/t9-/m0/s1. The van der Waals surface area contributed by atoms with Crippen molar-refractivity contribution in [2.24, 2.45) is 17.1 Å². The van der Waals surface area contributed by atoms with Crippen LogP contribution in [0.15, 0.2) is 0 Å². The largest absolute Gasteiger partial charge is 0.331 e. The zero-order chi connectivity index (χ0) is 11.9. The normalized spacial score (nSPS) is 26.5. The molecule has 1 amide bonds. The Morgan fingerprint density at radius 3 is 2.50 bits per heavy atom. The van der Waals surface area contributed by atoms with E-state index in [9.17, 15) is 9.59 Å². The Morgan fingerprint density at radius 2 is 2.06 bits per heavy atom. The molecular formula is C12H20N2O2. The summed E-state index contributed by atoms with van der Waals surface area (Å²) in [6, 6.07) is -0.210. The van der Waals surface area contributed by atoms with Gasteiger partial charge in [0, 0.05) is 12.5 Å². The number of nitrogens with two attached hydrogens (primary N) is 1. The molecule has 0 aromatic rings. The summed E-state index contributed by atoms with van der Waals surface area (Å²) in [4.78, 5) is 25.5. The Labute approximate surface area is 96.2 Å². The summed E-state index contributed by atoms with van der Waals surface area (Å²) in [6.07, 6.45) is 3.17. The van der Waals surface area contributed by atoms with E-state index in [2.05, 4.69) is 0 Å². The summed E-state index contributed by atoms with van der Waals surface area (Å²) in [5.74, 6) is 0.0975. The minimum atomic E-state index is -0.210. The molecule has 0 unspecified atom stereocenters. The van der Waals surface area contributed by atoms with Crippen LogP contribution in [0.25, 0.3) is 0 Å². The van der Waals surface area contributed by atoms with Gasteiger partial charge < -0.3 is 10.6 Å². The van der Waals surface area contributed by atoms with Crippen LogP contribution in [0.1, 0.15) is 33.1 Å². The average molecular weight is 224 g/mol. The Bertz CT molecular complexity index is 321. The van der Waals surface area contributed by atoms with Gasteiger partial charge in [-0.1, -0.05) is 13.8 Å². The summed E-state index contributed by atoms with van der Waals surface area (Å²) in [6.45, 7) is 4.54. The fraction of sp³-hybridized carbons (Fsp3) is 0.833. The first-order valence-electron chi connectivity index (χ1n) is 6.02. The fourth-order valence-corrected chi connectivity index (χ4v) is 2.61. The second kappa shape index (κ2) is 3.84. The summed E-state index contributed by atoms with van der Waals surface area (Å²) in [7, 11) is 0. The summed E-state index contributed by atoms with van der Waals surface area (Å²) < 4.78 is 0. The van der Waals surface area contributed by atoms with E-state index in [1.54, 1.807) is 4.90 Å². The molecule has 1 spiro atoms. The van der Waals surface area contributed by atoms with Gasteiger partial charge in [-0.05, 0) is 24.7 Å². The number of hydrogen-bond acceptors (Lipinski definition) is 3. The molecule has 1 aliphatic carbocycles. The number of rotatable bonds is 3. The molecule has 0 bridgehead atoms. The highest BCUT2D eigenvalue weighted by Crippen LogP contribution is 2.55. The van der Waals surface area contributed by atoms with Crippen LogP contribution in [0.4, 0.5) is 0 Å². The summed E-state index contributed by atoms with van der Waals surface area (Å²) in [5.41, 5.74) is 5.66. The molecular weight excluding hydrogens is 204 g/mol. The lowest BCUT2D eigenvalue weighted by atomic mass is 9.95. The smallest absolute Gasteiger partial charge is 0.236 e. The predicted molar refractivity (Wildman–Crippen MR) is 60.7 cm³/mol. The van der Waals surface area contributed by atoms with Crippen molar-refractivity contribution in [2.45, 2.75) is 39.2 Å². The number of carbonyl (C=O) groups is 2. The summed E-state index contributed by atoms with van der Waals surface area (Å²) >= 11 is 0. The highest BCUT2D eigenvalue weighted by molar-refractivity contribution is 5.91. The highest BCUT2D eigenvalue weighted by atomic mass is 16.2. The Morgan fingerprint density at radius 1 is 1.44 bits per heavy atom. The molecule has 1 atom stereocenters. The van der Waals surface area contributed by atoms with Gasteiger partial charge in [0.1, 0.15) is 0 Å². The quantitative estimate of drug-likeness (QED) is 0.761. The molecule has 0 aromatic carbocycles. The molecule has 1 saturated carbocycles. The topological polar surface area (TPSA) is 63.4 Å². The van der Waals surface area contributed by atoms with E-state index in [0.717, 1.165) is 25.8 Å². The van der Waals surface area contributed by atoms with Crippen molar-refractivity contribution in [1.82, 2.24) is 4.90 Å². The molecule has 1 saturated heterocycles. The van der Waals surface area contributed by atoms with Gasteiger partial charge in [0.05, 0.1) is 12.6 Å². The minimum absolute atomic E-state index is 0.00743. The van der Waals surface area contributed by atoms with Gasteiger partial charge in [0.15, 0.2) is 5.78 Å². The molecule has 0 radical (unpaired) electrons. The third kappa shape index (κ3) is 1.86. The monoisotopic (exact) mass is 224 g/mol. The molecule has 16 heavy (non-hydrogen) atoms. The molecule has 4 heteroatoms. The van der Waals surface area contributed by atoms with Crippen molar-refractivity contribution in [1.29, 1.82) is 0 Å². The van der Waals surface area contributed by atoms with E-state index in [1.807, 2.05) is 13.8 Å². The molecule has 2 rings (SSSR count). The van der Waals surface area contributed by atoms with Crippen molar-refractivity contribution in [3.05, 3.63) is 0 Å². The van der Waals surface area contributed by atoms with Crippen molar-refractivity contribution in [3.63, 3.8) is 0 Å². The van der Waals surface area contributed by atoms with E-state index in [-0.39, 0.29) is 35.6 Å². The molecule has 1 aliphatic heterocycles. The van der Waals surface area contributed by atoms with Crippen LogP contribution in [0.3, 0.4) is 0 Å². The second-order valence-corrected chi connectivity index (χ2v) is 5.50. The SMILES string of the molecule is CC(C)C(=O)[C@@H]1CC2(CC2)CN1C(=O)CN.